The molecule has 2 aromatic carbocycles. The molecule has 0 aromatic heterocycles. The zero-order valence-electron chi connectivity index (χ0n) is 12.5. The fraction of sp³-hybridized carbons (Fsp3) is 0.167. The van der Waals surface area contributed by atoms with Gasteiger partial charge in [-0.25, -0.2) is 4.79 Å². The standard InChI is InChI=1S/C18H12BrNO4/c19-11-4-2-1-3-9(11)16-10-5-14-15(24-8-23-14)6-12(10)20-13-7-22-18(21)17(13)16/h1-6,16,20H,7-8H2/t16-/m1/s1. The summed E-state index contributed by atoms with van der Waals surface area (Å²) < 4.78 is 17.2. The summed E-state index contributed by atoms with van der Waals surface area (Å²) in [6.07, 6.45) is 0. The molecule has 0 saturated heterocycles. The van der Waals surface area contributed by atoms with Gasteiger partial charge in [-0.1, -0.05) is 34.1 Å². The van der Waals surface area contributed by atoms with Gasteiger partial charge in [0.2, 0.25) is 6.79 Å². The average Bonchev–Trinajstić information content (AvgIpc) is 3.18. The van der Waals surface area contributed by atoms with E-state index in [1.807, 2.05) is 36.4 Å². The van der Waals surface area contributed by atoms with Crippen LogP contribution in [0.15, 0.2) is 52.1 Å². The van der Waals surface area contributed by atoms with Gasteiger partial charge in [-0.15, -0.1) is 0 Å². The molecule has 0 radical (unpaired) electrons. The first-order valence-electron chi connectivity index (χ1n) is 7.57. The van der Waals surface area contributed by atoms with E-state index in [0.717, 1.165) is 27.0 Å². The average molecular weight is 386 g/mol. The minimum absolute atomic E-state index is 0.212. The number of carbonyl (C=O) groups excluding carboxylic acids is 1. The Morgan fingerprint density at radius 2 is 1.83 bits per heavy atom. The van der Waals surface area contributed by atoms with Crippen LogP contribution in [0.1, 0.15) is 17.0 Å². The quantitative estimate of drug-likeness (QED) is 0.760. The monoisotopic (exact) mass is 385 g/mol. The molecule has 120 valence electrons. The third-order valence-electron chi connectivity index (χ3n) is 4.54. The molecule has 0 bridgehead atoms. The number of nitrogens with one attached hydrogen (secondary N) is 1. The van der Waals surface area contributed by atoms with Crippen LogP contribution in [-0.4, -0.2) is 19.4 Å². The van der Waals surface area contributed by atoms with Crippen LogP contribution < -0.4 is 14.8 Å². The van der Waals surface area contributed by atoms with Crippen LogP contribution in [0.4, 0.5) is 5.69 Å². The van der Waals surface area contributed by atoms with Crippen molar-refractivity contribution in [1.82, 2.24) is 0 Å². The number of anilines is 1. The summed E-state index contributed by atoms with van der Waals surface area (Å²) in [5.74, 6) is 0.919. The van der Waals surface area contributed by atoms with Gasteiger partial charge in [-0.2, -0.15) is 0 Å². The number of fused-ring (bicyclic) bond motifs is 2. The van der Waals surface area contributed by atoms with Crippen molar-refractivity contribution < 1.29 is 19.0 Å². The number of hydrogen-bond donors (Lipinski definition) is 1. The predicted molar refractivity (Wildman–Crippen MR) is 90.2 cm³/mol. The summed E-state index contributed by atoms with van der Waals surface area (Å²) in [6, 6.07) is 11.8. The Labute approximate surface area is 146 Å². The lowest BCUT2D eigenvalue weighted by molar-refractivity contribution is -0.136. The van der Waals surface area contributed by atoms with Crippen LogP contribution in [-0.2, 0) is 9.53 Å². The van der Waals surface area contributed by atoms with Crippen LogP contribution in [0, 0.1) is 0 Å². The number of benzene rings is 2. The Kier molecular flexibility index (Phi) is 2.91. The first kappa shape index (κ1) is 13.9. The lowest BCUT2D eigenvalue weighted by Gasteiger charge is -2.28. The fourth-order valence-electron chi connectivity index (χ4n) is 3.47. The van der Waals surface area contributed by atoms with Crippen LogP contribution in [0.2, 0.25) is 0 Å². The van der Waals surface area contributed by atoms with E-state index in [1.165, 1.54) is 0 Å². The molecule has 0 fully saturated rings. The molecule has 0 spiro atoms. The van der Waals surface area contributed by atoms with Gasteiger partial charge in [0.1, 0.15) is 6.61 Å². The van der Waals surface area contributed by atoms with Gasteiger partial charge in [-0.05, 0) is 23.3 Å². The van der Waals surface area contributed by atoms with Gasteiger partial charge in [0, 0.05) is 22.1 Å². The molecule has 6 heteroatoms. The minimum atomic E-state index is -0.276. The lowest BCUT2D eigenvalue weighted by Crippen LogP contribution is -2.20. The molecule has 3 aliphatic rings. The van der Waals surface area contributed by atoms with Crippen molar-refractivity contribution in [2.45, 2.75) is 5.92 Å². The summed E-state index contributed by atoms with van der Waals surface area (Å²) in [6.45, 7) is 0.482. The van der Waals surface area contributed by atoms with Gasteiger partial charge in [0.25, 0.3) is 0 Å². The van der Waals surface area contributed by atoms with Gasteiger partial charge in [0.15, 0.2) is 11.5 Å². The van der Waals surface area contributed by atoms with Crippen LogP contribution in [0.3, 0.4) is 0 Å². The largest absolute Gasteiger partial charge is 0.456 e. The third kappa shape index (κ3) is 1.89. The van der Waals surface area contributed by atoms with E-state index in [1.54, 1.807) is 0 Å². The van der Waals surface area contributed by atoms with Gasteiger partial charge >= 0.3 is 5.97 Å². The Balaban J connectivity index is 1.77. The van der Waals surface area contributed by atoms with Gasteiger partial charge < -0.3 is 19.5 Å². The first-order chi connectivity index (χ1) is 11.7. The van der Waals surface area contributed by atoms with Crippen molar-refractivity contribution in [3.8, 4) is 11.5 Å². The van der Waals surface area contributed by atoms with E-state index in [0.29, 0.717) is 17.1 Å². The third-order valence-corrected chi connectivity index (χ3v) is 5.26. The molecule has 0 saturated carbocycles. The summed E-state index contributed by atoms with van der Waals surface area (Å²) in [7, 11) is 0. The number of carbonyl (C=O) groups is 1. The van der Waals surface area contributed by atoms with E-state index in [4.69, 9.17) is 14.2 Å². The second kappa shape index (κ2) is 5.01. The number of halogens is 1. The summed E-state index contributed by atoms with van der Waals surface area (Å²) in [4.78, 5) is 12.4. The van der Waals surface area contributed by atoms with Crippen molar-refractivity contribution in [1.29, 1.82) is 0 Å². The van der Waals surface area contributed by atoms with E-state index >= 15 is 0 Å². The maximum Gasteiger partial charge on any atom is 0.337 e. The molecular formula is C18H12BrNO4. The Hall–Kier alpha value is -2.47. The fourth-order valence-corrected chi connectivity index (χ4v) is 3.98. The number of cyclic esters (lactones) is 1. The van der Waals surface area contributed by atoms with Gasteiger partial charge in [-0.3, -0.25) is 0 Å². The maximum atomic E-state index is 12.4. The van der Waals surface area contributed by atoms with Crippen molar-refractivity contribution in [2.24, 2.45) is 0 Å². The van der Waals surface area contributed by atoms with E-state index in [2.05, 4.69) is 21.2 Å². The minimum Gasteiger partial charge on any atom is -0.456 e. The normalized spacial score (nSPS) is 20.4. The SMILES string of the molecule is O=C1OCC2=C1[C@H](c1ccccc1Br)c1cc3c(cc1N2)OCO3. The molecule has 0 amide bonds. The van der Waals surface area contributed by atoms with Crippen LogP contribution in [0.25, 0.3) is 0 Å². The number of esters is 1. The molecule has 3 heterocycles. The highest BCUT2D eigenvalue weighted by atomic mass is 79.9. The van der Waals surface area contributed by atoms with Crippen molar-refractivity contribution in [3.63, 3.8) is 0 Å². The van der Waals surface area contributed by atoms with Crippen LogP contribution in [0.5, 0.6) is 11.5 Å². The first-order valence-corrected chi connectivity index (χ1v) is 8.37. The zero-order valence-corrected chi connectivity index (χ0v) is 14.1. The summed E-state index contributed by atoms with van der Waals surface area (Å²) in [5, 5.41) is 3.32. The zero-order chi connectivity index (χ0) is 16.3. The molecule has 1 N–H and O–H groups in total. The van der Waals surface area contributed by atoms with Crippen molar-refractivity contribution in [3.05, 3.63) is 63.3 Å². The highest BCUT2D eigenvalue weighted by Crippen LogP contribution is 2.49. The molecule has 0 unspecified atom stereocenters. The lowest BCUT2D eigenvalue weighted by atomic mass is 9.81. The molecule has 0 aliphatic carbocycles. The Morgan fingerprint density at radius 3 is 2.67 bits per heavy atom. The summed E-state index contributed by atoms with van der Waals surface area (Å²) >= 11 is 3.61. The highest BCUT2D eigenvalue weighted by Gasteiger charge is 2.40. The molecule has 5 rings (SSSR count). The predicted octanol–water partition coefficient (Wildman–Crippen LogP) is 3.55. The summed E-state index contributed by atoms with van der Waals surface area (Å²) in [5.41, 5.74) is 4.38. The molecule has 3 aliphatic heterocycles. The second-order valence-corrected chi connectivity index (χ2v) is 6.69. The number of hydrogen-bond acceptors (Lipinski definition) is 5. The van der Waals surface area contributed by atoms with E-state index < -0.39 is 0 Å². The smallest absolute Gasteiger partial charge is 0.337 e. The molecule has 24 heavy (non-hydrogen) atoms. The molecular weight excluding hydrogens is 374 g/mol. The van der Waals surface area contributed by atoms with Crippen molar-refractivity contribution in [2.75, 3.05) is 18.7 Å². The second-order valence-electron chi connectivity index (χ2n) is 5.84. The van der Waals surface area contributed by atoms with E-state index in [9.17, 15) is 4.79 Å². The van der Waals surface area contributed by atoms with Crippen LogP contribution >= 0.6 is 15.9 Å². The molecule has 2 aromatic rings. The number of rotatable bonds is 1. The van der Waals surface area contributed by atoms with E-state index in [-0.39, 0.29) is 25.3 Å². The topological polar surface area (TPSA) is 56.8 Å². The van der Waals surface area contributed by atoms with Crippen molar-refractivity contribution >= 4 is 27.6 Å². The highest BCUT2D eigenvalue weighted by molar-refractivity contribution is 9.10. The Morgan fingerprint density at radius 1 is 1.04 bits per heavy atom. The maximum absolute atomic E-state index is 12.4. The molecule has 5 nitrogen and oxygen atoms in total. The molecule has 1 atom stereocenters. The van der Waals surface area contributed by atoms with Gasteiger partial charge in [0.05, 0.1) is 11.3 Å². The number of ether oxygens (including phenoxy) is 3. The Bertz CT molecular complexity index is 921.